The molecule has 1 heterocycles. The third-order valence-electron chi connectivity index (χ3n) is 3.82. The molecule has 0 bridgehead atoms. The van der Waals surface area contributed by atoms with Gasteiger partial charge < -0.3 is 14.5 Å². The van der Waals surface area contributed by atoms with Crippen LogP contribution in [-0.2, 0) is 4.79 Å². The second-order valence-corrected chi connectivity index (χ2v) is 7.96. The molecule has 7 nitrogen and oxygen atoms in total. The van der Waals surface area contributed by atoms with E-state index in [-0.39, 0.29) is 24.0 Å². The van der Waals surface area contributed by atoms with Gasteiger partial charge in [0.25, 0.3) is 5.91 Å². The van der Waals surface area contributed by atoms with Gasteiger partial charge in [-0.25, -0.2) is 10.2 Å². The van der Waals surface area contributed by atoms with Crippen molar-refractivity contribution in [2.24, 2.45) is 5.10 Å². The molecule has 3 rings (SSSR count). The Morgan fingerprint density at radius 3 is 2.73 bits per heavy atom. The van der Waals surface area contributed by atoms with E-state index in [4.69, 9.17) is 9.15 Å². The number of halogens is 2. The lowest BCUT2D eigenvalue weighted by Gasteiger charge is -2.09. The van der Waals surface area contributed by atoms with Crippen molar-refractivity contribution in [1.29, 1.82) is 0 Å². The zero-order valence-corrected chi connectivity index (χ0v) is 19.0. The Bertz CT molecular complexity index is 1080. The number of benzene rings is 2. The maximum atomic E-state index is 12.2. The molecule has 0 unspecified atom stereocenters. The lowest BCUT2D eigenvalue weighted by atomic mass is 10.2. The number of rotatable bonds is 7. The average Bonchev–Trinajstić information content (AvgIpc) is 3.24. The molecule has 0 aliphatic heterocycles. The predicted octanol–water partition coefficient (Wildman–Crippen LogP) is 4.89. The van der Waals surface area contributed by atoms with E-state index in [1.54, 1.807) is 18.2 Å². The summed E-state index contributed by atoms with van der Waals surface area (Å²) in [5.74, 6) is -0.654. The molecular weight excluding hydrogens is 518 g/mol. The first-order valence-corrected chi connectivity index (χ1v) is 10.4. The van der Waals surface area contributed by atoms with Gasteiger partial charge in [0.05, 0.1) is 23.5 Å². The zero-order chi connectivity index (χ0) is 21.5. The largest absolute Gasteiger partial charge is 0.457 e. The average molecular weight is 535 g/mol. The van der Waals surface area contributed by atoms with Crippen LogP contribution < -0.4 is 15.5 Å². The van der Waals surface area contributed by atoms with E-state index in [1.807, 2.05) is 31.2 Å². The predicted molar refractivity (Wildman–Crippen MR) is 121 cm³/mol. The zero-order valence-electron chi connectivity index (χ0n) is 15.8. The van der Waals surface area contributed by atoms with Crippen molar-refractivity contribution in [1.82, 2.24) is 5.43 Å². The third-order valence-corrected chi connectivity index (χ3v) is 4.87. The minimum atomic E-state index is -0.649. The molecule has 0 fully saturated rings. The number of furan rings is 1. The molecule has 2 aromatic carbocycles. The lowest BCUT2D eigenvalue weighted by Crippen LogP contribution is -2.25. The third kappa shape index (κ3) is 6.04. The summed E-state index contributed by atoms with van der Waals surface area (Å²) in [6.45, 7) is 2.03. The van der Waals surface area contributed by atoms with Crippen LogP contribution in [0.5, 0.6) is 5.75 Å². The SMILES string of the molecule is Cc1cccc(NCC(=O)N/N=C/c2cc(Br)cc(Br)c2OC(=O)c2ccco2)c1. The summed E-state index contributed by atoms with van der Waals surface area (Å²) in [5.41, 5.74) is 4.85. The Kier molecular flexibility index (Phi) is 7.42. The fourth-order valence-corrected chi connectivity index (χ4v) is 3.81. The molecule has 9 heteroatoms. The number of nitrogens with zero attached hydrogens (tertiary/aromatic N) is 1. The molecule has 0 aliphatic carbocycles. The molecular formula is C21H17Br2N3O4. The summed E-state index contributed by atoms with van der Waals surface area (Å²) in [5, 5.41) is 6.99. The number of anilines is 1. The van der Waals surface area contributed by atoms with E-state index in [9.17, 15) is 9.59 Å². The maximum Gasteiger partial charge on any atom is 0.379 e. The number of carbonyl (C=O) groups excluding carboxylic acids is 2. The first-order valence-electron chi connectivity index (χ1n) is 8.79. The monoisotopic (exact) mass is 533 g/mol. The molecule has 0 radical (unpaired) electrons. The van der Waals surface area contributed by atoms with Gasteiger partial charge in [0.15, 0.2) is 5.75 Å². The first-order chi connectivity index (χ1) is 14.4. The number of carbonyl (C=O) groups is 2. The Morgan fingerprint density at radius 1 is 1.17 bits per heavy atom. The maximum absolute atomic E-state index is 12.2. The van der Waals surface area contributed by atoms with Gasteiger partial charge in [0.2, 0.25) is 5.76 Å². The molecule has 1 amide bonds. The molecule has 154 valence electrons. The van der Waals surface area contributed by atoms with Gasteiger partial charge in [0, 0.05) is 15.7 Å². The molecule has 1 aromatic heterocycles. The minimum Gasteiger partial charge on any atom is -0.457 e. The highest BCUT2D eigenvalue weighted by Crippen LogP contribution is 2.32. The van der Waals surface area contributed by atoms with E-state index in [0.717, 1.165) is 15.7 Å². The molecule has 30 heavy (non-hydrogen) atoms. The van der Waals surface area contributed by atoms with Gasteiger partial charge >= 0.3 is 5.97 Å². The van der Waals surface area contributed by atoms with Crippen molar-refractivity contribution >= 4 is 55.6 Å². The lowest BCUT2D eigenvalue weighted by molar-refractivity contribution is -0.119. The normalized spacial score (nSPS) is 10.8. The van der Waals surface area contributed by atoms with Crippen molar-refractivity contribution in [2.75, 3.05) is 11.9 Å². The summed E-state index contributed by atoms with van der Waals surface area (Å²) < 4.78 is 11.8. The van der Waals surface area contributed by atoms with Gasteiger partial charge in [0.1, 0.15) is 0 Å². The van der Waals surface area contributed by atoms with Crippen molar-refractivity contribution in [3.8, 4) is 5.75 Å². The molecule has 0 spiro atoms. The Morgan fingerprint density at radius 2 is 2.00 bits per heavy atom. The van der Waals surface area contributed by atoms with E-state index in [1.165, 1.54) is 18.5 Å². The molecule has 0 saturated heterocycles. The van der Waals surface area contributed by atoms with Crippen LogP contribution in [0.2, 0.25) is 0 Å². The Balaban J connectivity index is 1.65. The summed E-state index contributed by atoms with van der Waals surface area (Å²) in [6.07, 6.45) is 2.78. The van der Waals surface area contributed by atoms with Crippen LogP contribution >= 0.6 is 31.9 Å². The number of hydrazone groups is 1. The van der Waals surface area contributed by atoms with Crippen LogP contribution in [0.4, 0.5) is 5.69 Å². The summed E-state index contributed by atoms with van der Waals surface area (Å²) in [7, 11) is 0. The van der Waals surface area contributed by atoms with Gasteiger partial charge in [-0.3, -0.25) is 4.79 Å². The summed E-state index contributed by atoms with van der Waals surface area (Å²) in [4.78, 5) is 24.3. The standard InChI is InChI=1S/C21H17Br2N3O4/c1-13-4-2-5-16(8-13)24-12-19(27)26-25-11-14-9-15(22)10-17(23)20(14)30-21(28)18-6-3-7-29-18/h2-11,24H,12H2,1H3,(H,26,27)/b25-11+. The van der Waals surface area contributed by atoms with Crippen LogP contribution in [0.15, 0.2) is 73.3 Å². The summed E-state index contributed by atoms with van der Waals surface area (Å²) >= 11 is 6.75. The van der Waals surface area contributed by atoms with Crippen molar-refractivity contribution in [3.63, 3.8) is 0 Å². The number of amides is 1. The van der Waals surface area contributed by atoms with E-state index < -0.39 is 5.97 Å². The van der Waals surface area contributed by atoms with Crippen molar-refractivity contribution < 1.29 is 18.7 Å². The topological polar surface area (TPSA) is 92.9 Å². The Hall–Kier alpha value is -2.91. The minimum absolute atomic E-state index is 0.0588. The summed E-state index contributed by atoms with van der Waals surface area (Å²) in [6, 6.07) is 14.2. The van der Waals surface area contributed by atoms with Crippen LogP contribution in [0.25, 0.3) is 0 Å². The number of hydrogen-bond donors (Lipinski definition) is 2. The van der Waals surface area contributed by atoms with Crippen LogP contribution in [0.1, 0.15) is 21.7 Å². The van der Waals surface area contributed by atoms with E-state index in [0.29, 0.717) is 10.0 Å². The smallest absolute Gasteiger partial charge is 0.379 e. The molecule has 0 saturated carbocycles. The van der Waals surface area contributed by atoms with Crippen molar-refractivity contribution in [2.45, 2.75) is 6.92 Å². The molecule has 2 N–H and O–H groups in total. The van der Waals surface area contributed by atoms with Crippen LogP contribution in [-0.4, -0.2) is 24.6 Å². The highest BCUT2D eigenvalue weighted by molar-refractivity contribution is 9.11. The highest BCUT2D eigenvalue weighted by atomic mass is 79.9. The number of nitrogens with one attached hydrogen (secondary N) is 2. The molecule has 0 atom stereocenters. The second-order valence-electron chi connectivity index (χ2n) is 6.19. The quantitative estimate of drug-likeness (QED) is 0.195. The number of ether oxygens (including phenoxy) is 1. The van der Waals surface area contributed by atoms with Crippen LogP contribution in [0, 0.1) is 6.92 Å². The van der Waals surface area contributed by atoms with E-state index >= 15 is 0 Å². The number of aryl methyl sites for hydroxylation is 1. The fraction of sp³-hybridized carbons (Fsp3) is 0.0952. The van der Waals surface area contributed by atoms with Crippen molar-refractivity contribution in [3.05, 3.63) is 80.6 Å². The first kappa shape index (κ1) is 21.8. The van der Waals surface area contributed by atoms with Gasteiger partial charge in [-0.05, 0) is 64.8 Å². The van der Waals surface area contributed by atoms with Gasteiger partial charge in [-0.15, -0.1) is 0 Å². The number of hydrogen-bond acceptors (Lipinski definition) is 6. The van der Waals surface area contributed by atoms with Gasteiger partial charge in [-0.2, -0.15) is 5.10 Å². The Labute approximate surface area is 189 Å². The van der Waals surface area contributed by atoms with Gasteiger partial charge in [-0.1, -0.05) is 28.1 Å². The fourth-order valence-electron chi connectivity index (χ4n) is 2.47. The van der Waals surface area contributed by atoms with Crippen LogP contribution in [0.3, 0.4) is 0 Å². The van der Waals surface area contributed by atoms with E-state index in [2.05, 4.69) is 47.7 Å². The highest BCUT2D eigenvalue weighted by Gasteiger charge is 2.17. The second kappa shape index (κ2) is 10.2. The molecule has 3 aromatic rings. The molecule has 0 aliphatic rings. The number of esters is 1.